The molecule has 0 aliphatic carbocycles. The molecule has 0 heterocycles. The van der Waals surface area contributed by atoms with Crippen LogP contribution in [0.15, 0.2) is 18.2 Å². The maximum absolute atomic E-state index is 12.6. The van der Waals surface area contributed by atoms with Gasteiger partial charge in [0, 0.05) is 17.5 Å². The van der Waals surface area contributed by atoms with Gasteiger partial charge in [-0.05, 0) is 43.9 Å². The van der Waals surface area contributed by atoms with Gasteiger partial charge < -0.3 is 5.73 Å². The quantitative estimate of drug-likeness (QED) is 0.838. The Labute approximate surface area is 106 Å². The first kappa shape index (κ1) is 14.4. The third kappa shape index (κ3) is 5.00. The third-order valence-corrected chi connectivity index (χ3v) is 3.02. The highest BCUT2D eigenvalue weighted by Crippen LogP contribution is 2.25. The standard InChI is InChI=1S/C13H18ClF2N/c1-9(17)11-6-5-10(12(14)8-11)4-3-7-13(2,15)16/h5-6,8-9H,3-4,7,17H2,1-2H3. The summed E-state index contributed by atoms with van der Waals surface area (Å²) in [7, 11) is 0. The Morgan fingerprint density at radius 2 is 2.06 bits per heavy atom. The van der Waals surface area contributed by atoms with Crippen molar-refractivity contribution in [2.24, 2.45) is 5.73 Å². The average Bonchev–Trinajstić information content (AvgIpc) is 2.18. The van der Waals surface area contributed by atoms with Crippen LogP contribution in [0, 0.1) is 0 Å². The maximum Gasteiger partial charge on any atom is 0.245 e. The van der Waals surface area contributed by atoms with Crippen LogP contribution in [-0.4, -0.2) is 5.92 Å². The van der Waals surface area contributed by atoms with E-state index in [1.54, 1.807) is 0 Å². The smallest absolute Gasteiger partial charge is 0.245 e. The topological polar surface area (TPSA) is 26.0 Å². The molecule has 1 unspecified atom stereocenters. The first-order valence-electron chi connectivity index (χ1n) is 5.71. The van der Waals surface area contributed by atoms with E-state index in [0.29, 0.717) is 17.9 Å². The molecule has 0 saturated heterocycles. The number of halogens is 3. The molecule has 0 radical (unpaired) electrons. The minimum atomic E-state index is -2.60. The van der Waals surface area contributed by atoms with Gasteiger partial charge in [-0.25, -0.2) is 8.78 Å². The molecular weight excluding hydrogens is 244 g/mol. The SMILES string of the molecule is CC(N)c1ccc(CCCC(C)(F)F)c(Cl)c1. The average molecular weight is 262 g/mol. The first-order valence-corrected chi connectivity index (χ1v) is 6.09. The Morgan fingerprint density at radius 3 is 2.53 bits per heavy atom. The second-order valence-corrected chi connectivity index (χ2v) is 4.97. The number of benzene rings is 1. The molecular formula is C13H18ClF2N. The first-order chi connectivity index (χ1) is 7.79. The van der Waals surface area contributed by atoms with Gasteiger partial charge in [0.25, 0.3) is 0 Å². The molecule has 1 rings (SSSR count). The summed E-state index contributed by atoms with van der Waals surface area (Å²) in [6.07, 6.45) is 0.889. The van der Waals surface area contributed by atoms with E-state index in [1.807, 2.05) is 25.1 Å². The Balaban J connectivity index is 2.61. The molecule has 1 aromatic rings. The highest BCUT2D eigenvalue weighted by atomic mass is 35.5. The van der Waals surface area contributed by atoms with Crippen molar-refractivity contribution in [3.05, 3.63) is 34.3 Å². The summed E-state index contributed by atoms with van der Waals surface area (Å²) in [6.45, 7) is 2.82. The van der Waals surface area contributed by atoms with Crippen LogP contribution in [-0.2, 0) is 6.42 Å². The number of alkyl halides is 2. The lowest BCUT2D eigenvalue weighted by atomic mass is 10.0. The predicted octanol–water partition coefficient (Wildman–Crippen LogP) is 4.34. The normalized spacial score (nSPS) is 13.8. The van der Waals surface area contributed by atoms with Crippen LogP contribution in [0.25, 0.3) is 0 Å². The Morgan fingerprint density at radius 1 is 1.41 bits per heavy atom. The van der Waals surface area contributed by atoms with Crippen LogP contribution < -0.4 is 5.73 Å². The number of aryl methyl sites for hydroxylation is 1. The molecule has 1 atom stereocenters. The number of nitrogens with two attached hydrogens (primary N) is 1. The molecule has 17 heavy (non-hydrogen) atoms. The van der Waals surface area contributed by atoms with Crippen molar-refractivity contribution >= 4 is 11.6 Å². The summed E-state index contributed by atoms with van der Waals surface area (Å²) in [4.78, 5) is 0. The zero-order valence-electron chi connectivity index (χ0n) is 10.1. The van der Waals surface area contributed by atoms with E-state index in [0.717, 1.165) is 18.1 Å². The molecule has 96 valence electrons. The zero-order chi connectivity index (χ0) is 13.1. The Hall–Kier alpha value is -0.670. The minimum Gasteiger partial charge on any atom is -0.324 e. The van der Waals surface area contributed by atoms with Gasteiger partial charge in [0.2, 0.25) is 5.92 Å². The minimum absolute atomic E-state index is 0.0680. The van der Waals surface area contributed by atoms with Crippen molar-refractivity contribution in [1.29, 1.82) is 0 Å². The fourth-order valence-electron chi connectivity index (χ4n) is 1.64. The lowest BCUT2D eigenvalue weighted by Crippen LogP contribution is -2.09. The van der Waals surface area contributed by atoms with Crippen molar-refractivity contribution in [1.82, 2.24) is 0 Å². The maximum atomic E-state index is 12.6. The van der Waals surface area contributed by atoms with Crippen LogP contribution >= 0.6 is 11.6 Å². The fraction of sp³-hybridized carbons (Fsp3) is 0.538. The molecule has 1 aromatic carbocycles. The molecule has 1 nitrogen and oxygen atoms in total. The van der Waals surface area contributed by atoms with Crippen LogP contribution in [0.5, 0.6) is 0 Å². The van der Waals surface area contributed by atoms with Gasteiger partial charge >= 0.3 is 0 Å². The van der Waals surface area contributed by atoms with E-state index in [9.17, 15) is 8.78 Å². The van der Waals surface area contributed by atoms with E-state index >= 15 is 0 Å². The van der Waals surface area contributed by atoms with Gasteiger partial charge in [-0.1, -0.05) is 23.7 Å². The van der Waals surface area contributed by atoms with Crippen molar-refractivity contribution < 1.29 is 8.78 Å². The molecule has 4 heteroatoms. The van der Waals surface area contributed by atoms with Crippen molar-refractivity contribution in [3.63, 3.8) is 0 Å². The number of hydrogen-bond donors (Lipinski definition) is 1. The highest BCUT2D eigenvalue weighted by Gasteiger charge is 2.20. The summed E-state index contributed by atoms with van der Waals surface area (Å²) in [5, 5.41) is 0.610. The molecule has 2 N–H and O–H groups in total. The monoisotopic (exact) mass is 261 g/mol. The molecule has 0 aliphatic heterocycles. The van der Waals surface area contributed by atoms with Gasteiger partial charge in [-0.15, -0.1) is 0 Å². The van der Waals surface area contributed by atoms with Crippen LogP contribution in [0.3, 0.4) is 0 Å². The molecule has 0 amide bonds. The fourth-order valence-corrected chi connectivity index (χ4v) is 1.92. The molecule has 0 saturated carbocycles. The molecule has 0 fully saturated rings. The lowest BCUT2D eigenvalue weighted by Gasteiger charge is -2.12. The summed E-state index contributed by atoms with van der Waals surface area (Å²) in [5.41, 5.74) is 7.59. The molecule has 0 aliphatic rings. The van der Waals surface area contributed by atoms with Crippen molar-refractivity contribution in [2.75, 3.05) is 0 Å². The molecule has 0 spiro atoms. The van der Waals surface area contributed by atoms with Gasteiger partial charge in [0.15, 0.2) is 0 Å². The number of hydrogen-bond acceptors (Lipinski definition) is 1. The third-order valence-electron chi connectivity index (χ3n) is 2.66. The van der Waals surface area contributed by atoms with E-state index in [4.69, 9.17) is 17.3 Å². The molecule has 0 bridgehead atoms. The van der Waals surface area contributed by atoms with Gasteiger partial charge in [0.1, 0.15) is 0 Å². The van der Waals surface area contributed by atoms with Crippen molar-refractivity contribution in [2.45, 2.75) is 45.1 Å². The van der Waals surface area contributed by atoms with Gasteiger partial charge in [0.05, 0.1) is 0 Å². The molecule has 0 aromatic heterocycles. The summed E-state index contributed by atoms with van der Waals surface area (Å²) < 4.78 is 25.3. The largest absolute Gasteiger partial charge is 0.324 e. The van der Waals surface area contributed by atoms with Crippen LogP contribution in [0.1, 0.15) is 43.9 Å². The van der Waals surface area contributed by atoms with Crippen LogP contribution in [0.2, 0.25) is 5.02 Å². The Bertz CT molecular complexity index is 372. The summed E-state index contributed by atoms with van der Waals surface area (Å²) in [6, 6.07) is 5.51. The van der Waals surface area contributed by atoms with E-state index in [2.05, 4.69) is 0 Å². The van der Waals surface area contributed by atoms with Gasteiger partial charge in [-0.2, -0.15) is 0 Å². The summed E-state index contributed by atoms with van der Waals surface area (Å²) >= 11 is 6.08. The van der Waals surface area contributed by atoms with E-state index in [1.165, 1.54) is 0 Å². The zero-order valence-corrected chi connectivity index (χ0v) is 10.9. The van der Waals surface area contributed by atoms with Gasteiger partial charge in [-0.3, -0.25) is 0 Å². The van der Waals surface area contributed by atoms with E-state index < -0.39 is 5.92 Å². The van der Waals surface area contributed by atoms with Crippen molar-refractivity contribution in [3.8, 4) is 0 Å². The predicted molar refractivity (Wildman–Crippen MR) is 67.6 cm³/mol. The second-order valence-electron chi connectivity index (χ2n) is 4.56. The van der Waals surface area contributed by atoms with Crippen LogP contribution in [0.4, 0.5) is 8.78 Å². The summed E-state index contributed by atoms with van der Waals surface area (Å²) in [5.74, 6) is -2.60. The Kier molecular flexibility index (Phi) is 4.90. The second kappa shape index (κ2) is 5.78. The number of rotatable bonds is 5. The van der Waals surface area contributed by atoms with E-state index in [-0.39, 0.29) is 12.5 Å². The lowest BCUT2D eigenvalue weighted by molar-refractivity contribution is 0.0111. The highest BCUT2D eigenvalue weighted by molar-refractivity contribution is 6.31.